The molecule has 33 heavy (non-hydrogen) atoms. The number of hydrogen-bond donors (Lipinski definition) is 3. The van der Waals surface area contributed by atoms with E-state index in [0.717, 1.165) is 36.1 Å². The summed E-state index contributed by atoms with van der Waals surface area (Å²) in [5.41, 5.74) is 8.32. The van der Waals surface area contributed by atoms with Gasteiger partial charge in [-0.3, -0.25) is 4.79 Å². The number of nitrogens with one attached hydrogen (secondary N) is 2. The molecule has 3 N–H and O–H groups in total. The van der Waals surface area contributed by atoms with E-state index in [-0.39, 0.29) is 35.7 Å². The SMILES string of the molecule is CCCCN1C(=O)C2NNC(c3ccccc3O)C2C1c1ccc(OCCC)c(OCC)c1. The highest BCUT2D eigenvalue weighted by atomic mass is 16.5. The number of rotatable bonds is 10. The van der Waals surface area contributed by atoms with Crippen LogP contribution < -0.4 is 20.3 Å². The first kappa shape index (κ1) is 23.4. The smallest absolute Gasteiger partial charge is 0.242 e. The van der Waals surface area contributed by atoms with Crippen molar-refractivity contribution in [1.82, 2.24) is 15.8 Å². The van der Waals surface area contributed by atoms with Gasteiger partial charge in [-0.25, -0.2) is 10.9 Å². The molecule has 0 bridgehead atoms. The predicted molar refractivity (Wildman–Crippen MR) is 127 cm³/mol. The van der Waals surface area contributed by atoms with Crippen LogP contribution in [0.2, 0.25) is 0 Å². The maximum atomic E-state index is 13.5. The number of aromatic hydroxyl groups is 1. The quantitative estimate of drug-likeness (QED) is 0.503. The van der Waals surface area contributed by atoms with E-state index in [1.807, 2.05) is 48.2 Å². The molecule has 0 aliphatic carbocycles. The zero-order valence-corrected chi connectivity index (χ0v) is 19.7. The summed E-state index contributed by atoms with van der Waals surface area (Å²) in [7, 11) is 0. The van der Waals surface area contributed by atoms with E-state index < -0.39 is 0 Å². The van der Waals surface area contributed by atoms with Crippen molar-refractivity contribution < 1.29 is 19.4 Å². The highest BCUT2D eigenvalue weighted by Crippen LogP contribution is 2.49. The Morgan fingerprint density at radius 3 is 2.48 bits per heavy atom. The molecule has 7 nitrogen and oxygen atoms in total. The summed E-state index contributed by atoms with van der Waals surface area (Å²) in [5.74, 6) is 1.66. The minimum Gasteiger partial charge on any atom is -0.508 e. The Hall–Kier alpha value is -2.77. The monoisotopic (exact) mass is 453 g/mol. The van der Waals surface area contributed by atoms with Crippen molar-refractivity contribution in [2.24, 2.45) is 5.92 Å². The molecule has 2 aliphatic rings. The van der Waals surface area contributed by atoms with Crippen LogP contribution in [0.4, 0.5) is 0 Å². The van der Waals surface area contributed by atoms with Crippen molar-refractivity contribution in [2.45, 2.75) is 58.2 Å². The molecule has 0 spiro atoms. The first-order valence-electron chi connectivity index (χ1n) is 12.1. The van der Waals surface area contributed by atoms with Crippen molar-refractivity contribution in [3.05, 3.63) is 53.6 Å². The Labute approximate surface area is 196 Å². The summed E-state index contributed by atoms with van der Waals surface area (Å²) >= 11 is 0. The molecule has 0 saturated carbocycles. The van der Waals surface area contributed by atoms with Crippen LogP contribution in [0.1, 0.15) is 63.2 Å². The van der Waals surface area contributed by atoms with Gasteiger partial charge < -0.3 is 19.5 Å². The number of benzene rings is 2. The summed E-state index contributed by atoms with van der Waals surface area (Å²) in [5, 5.41) is 10.6. The standard InChI is InChI=1S/C26H35N3O4/c1-4-7-14-29-25(17-12-13-20(33-15-5-2)21(16-17)32-6-3)22-23(27-28-24(22)26(29)31)18-10-8-9-11-19(18)30/h8-13,16,22-25,27-28,30H,4-7,14-15H2,1-3H3. The Kier molecular flexibility index (Phi) is 7.40. The second-order valence-corrected chi connectivity index (χ2v) is 8.70. The minimum absolute atomic E-state index is 0.0838. The number of para-hydroxylation sites is 1. The van der Waals surface area contributed by atoms with Gasteiger partial charge in [0.1, 0.15) is 11.8 Å². The first-order chi connectivity index (χ1) is 16.1. The Morgan fingerprint density at radius 1 is 0.970 bits per heavy atom. The van der Waals surface area contributed by atoms with E-state index >= 15 is 0 Å². The molecule has 4 unspecified atom stereocenters. The Bertz CT molecular complexity index is 966. The molecule has 2 fully saturated rings. The summed E-state index contributed by atoms with van der Waals surface area (Å²) in [6, 6.07) is 12.6. The maximum Gasteiger partial charge on any atom is 0.242 e. The van der Waals surface area contributed by atoms with E-state index in [2.05, 4.69) is 24.7 Å². The molecule has 2 aliphatic heterocycles. The third kappa shape index (κ3) is 4.52. The van der Waals surface area contributed by atoms with Gasteiger partial charge in [0.05, 0.1) is 25.3 Å². The molecule has 1 amide bonds. The number of carbonyl (C=O) groups excluding carboxylic acids is 1. The number of phenols is 1. The molecule has 0 radical (unpaired) electrons. The van der Waals surface area contributed by atoms with Crippen LogP contribution in [-0.2, 0) is 4.79 Å². The minimum atomic E-state index is -0.358. The normalized spacial score (nSPS) is 24.2. The summed E-state index contributed by atoms with van der Waals surface area (Å²) in [6.07, 6.45) is 2.86. The number of hydrogen-bond acceptors (Lipinski definition) is 6. The van der Waals surface area contributed by atoms with Crippen molar-refractivity contribution in [1.29, 1.82) is 0 Å². The fourth-order valence-electron chi connectivity index (χ4n) is 5.00. The molecular weight excluding hydrogens is 418 g/mol. The van der Waals surface area contributed by atoms with Crippen LogP contribution in [0.25, 0.3) is 0 Å². The number of nitrogens with zero attached hydrogens (tertiary/aromatic N) is 1. The fraction of sp³-hybridized carbons (Fsp3) is 0.500. The number of carbonyl (C=O) groups is 1. The average molecular weight is 454 g/mol. The fourth-order valence-corrected chi connectivity index (χ4v) is 5.00. The number of amides is 1. The van der Waals surface area contributed by atoms with Crippen LogP contribution >= 0.6 is 0 Å². The van der Waals surface area contributed by atoms with Crippen molar-refractivity contribution in [2.75, 3.05) is 19.8 Å². The molecule has 4 rings (SSSR count). The largest absolute Gasteiger partial charge is 0.508 e. The lowest BCUT2D eigenvalue weighted by Crippen LogP contribution is -2.41. The zero-order chi connectivity index (χ0) is 23.4. The summed E-state index contributed by atoms with van der Waals surface area (Å²) < 4.78 is 11.8. The van der Waals surface area contributed by atoms with Crippen molar-refractivity contribution >= 4 is 5.91 Å². The van der Waals surface area contributed by atoms with Crippen LogP contribution in [0.3, 0.4) is 0 Å². The summed E-state index contributed by atoms with van der Waals surface area (Å²) in [6.45, 7) is 8.01. The Morgan fingerprint density at radius 2 is 1.76 bits per heavy atom. The van der Waals surface area contributed by atoms with Gasteiger partial charge in [0.2, 0.25) is 5.91 Å². The second kappa shape index (κ2) is 10.4. The van der Waals surface area contributed by atoms with E-state index in [9.17, 15) is 9.90 Å². The Balaban J connectivity index is 1.75. The lowest BCUT2D eigenvalue weighted by Gasteiger charge is -2.32. The molecular formula is C26H35N3O4. The van der Waals surface area contributed by atoms with Gasteiger partial charge in [0, 0.05) is 18.0 Å². The molecule has 2 aromatic carbocycles. The first-order valence-corrected chi connectivity index (χ1v) is 12.1. The topological polar surface area (TPSA) is 83.1 Å². The van der Waals surface area contributed by atoms with Gasteiger partial charge in [0.15, 0.2) is 11.5 Å². The van der Waals surface area contributed by atoms with Crippen molar-refractivity contribution in [3.8, 4) is 17.2 Å². The van der Waals surface area contributed by atoms with Gasteiger partial charge in [-0.15, -0.1) is 0 Å². The maximum absolute atomic E-state index is 13.5. The van der Waals surface area contributed by atoms with Crippen LogP contribution in [0.5, 0.6) is 17.2 Å². The van der Waals surface area contributed by atoms with Crippen LogP contribution in [-0.4, -0.2) is 41.7 Å². The van der Waals surface area contributed by atoms with Crippen LogP contribution in [0.15, 0.2) is 42.5 Å². The third-order valence-corrected chi connectivity index (χ3v) is 6.51. The highest BCUT2D eigenvalue weighted by Gasteiger charge is 2.55. The number of ether oxygens (including phenoxy) is 2. The summed E-state index contributed by atoms with van der Waals surface area (Å²) in [4.78, 5) is 15.5. The van der Waals surface area contributed by atoms with Crippen LogP contribution in [0, 0.1) is 5.92 Å². The van der Waals surface area contributed by atoms with Gasteiger partial charge in [-0.2, -0.15) is 0 Å². The molecule has 178 valence electrons. The van der Waals surface area contributed by atoms with E-state index in [4.69, 9.17) is 9.47 Å². The van der Waals surface area contributed by atoms with E-state index in [0.29, 0.717) is 25.5 Å². The van der Waals surface area contributed by atoms with Crippen molar-refractivity contribution in [3.63, 3.8) is 0 Å². The molecule has 2 aromatic rings. The lowest BCUT2D eigenvalue weighted by atomic mass is 9.83. The second-order valence-electron chi connectivity index (χ2n) is 8.70. The van der Waals surface area contributed by atoms with E-state index in [1.54, 1.807) is 6.07 Å². The predicted octanol–water partition coefficient (Wildman–Crippen LogP) is 4.10. The molecule has 0 aromatic heterocycles. The third-order valence-electron chi connectivity index (χ3n) is 6.51. The number of fused-ring (bicyclic) bond motifs is 1. The van der Waals surface area contributed by atoms with Gasteiger partial charge in [-0.1, -0.05) is 44.5 Å². The highest BCUT2D eigenvalue weighted by molar-refractivity contribution is 5.86. The molecule has 4 atom stereocenters. The van der Waals surface area contributed by atoms with Gasteiger partial charge in [-0.05, 0) is 43.5 Å². The lowest BCUT2D eigenvalue weighted by molar-refractivity contribution is -0.130. The molecule has 2 heterocycles. The van der Waals surface area contributed by atoms with E-state index in [1.165, 1.54) is 0 Å². The molecule has 7 heteroatoms. The number of likely N-dealkylation sites (tertiary alicyclic amines) is 1. The van der Waals surface area contributed by atoms with Gasteiger partial charge >= 0.3 is 0 Å². The molecule has 2 saturated heterocycles. The zero-order valence-electron chi connectivity index (χ0n) is 19.7. The number of phenolic OH excluding ortho intramolecular Hbond substituents is 1. The number of hydrazine groups is 1. The average Bonchev–Trinajstić information content (AvgIpc) is 3.36. The van der Waals surface area contributed by atoms with Gasteiger partial charge in [0.25, 0.3) is 0 Å². The number of unbranched alkanes of at least 4 members (excludes halogenated alkanes) is 1.